The van der Waals surface area contributed by atoms with Gasteiger partial charge in [0.05, 0.1) is 6.54 Å². The number of ether oxygens (including phenoxy) is 1. The summed E-state index contributed by atoms with van der Waals surface area (Å²) in [6, 6.07) is 0. The van der Waals surface area contributed by atoms with Gasteiger partial charge < -0.3 is 9.84 Å². The lowest BCUT2D eigenvalue weighted by Gasteiger charge is -2.18. The number of carboxylic acid groups (broad SMARTS) is 1. The van der Waals surface area contributed by atoms with Crippen molar-refractivity contribution in [2.75, 3.05) is 19.7 Å². The molecule has 0 radical (unpaired) electrons. The number of hydrogen-bond acceptors (Lipinski definition) is 3. The Bertz CT molecular complexity index is 245. The van der Waals surface area contributed by atoms with Crippen LogP contribution in [0.2, 0.25) is 0 Å². The van der Waals surface area contributed by atoms with Crippen LogP contribution in [0.15, 0.2) is 12.7 Å². The summed E-state index contributed by atoms with van der Waals surface area (Å²) in [5.41, 5.74) is 0. The van der Waals surface area contributed by atoms with Crippen LogP contribution >= 0.6 is 0 Å². The third kappa shape index (κ3) is 6.42. The van der Waals surface area contributed by atoms with E-state index < -0.39 is 31.6 Å². The smallest absolute Gasteiger partial charge is 0.410 e. The molecule has 15 heavy (non-hydrogen) atoms. The van der Waals surface area contributed by atoms with Gasteiger partial charge in [0, 0.05) is 0 Å². The van der Waals surface area contributed by atoms with E-state index in [-0.39, 0.29) is 6.61 Å². The van der Waals surface area contributed by atoms with Crippen molar-refractivity contribution in [3.8, 4) is 0 Å². The zero-order valence-electron chi connectivity index (χ0n) is 7.86. The molecule has 0 fully saturated rings. The molecular formula is C8H11F2NO4. The van der Waals surface area contributed by atoms with E-state index in [1.165, 1.54) is 6.08 Å². The first-order valence-electron chi connectivity index (χ1n) is 4.00. The van der Waals surface area contributed by atoms with Crippen LogP contribution in [0.4, 0.5) is 13.6 Å². The molecule has 1 amide bonds. The SMILES string of the molecule is C=CCOC(=O)N(CC(=O)O)CC(F)F. The summed E-state index contributed by atoms with van der Waals surface area (Å²) in [7, 11) is 0. The van der Waals surface area contributed by atoms with E-state index in [2.05, 4.69) is 11.3 Å². The van der Waals surface area contributed by atoms with Crippen LogP contribution in [0.1, 0.15) is 0 Å². The van der Waals surface area contributed by atoms with E-state index in [1.54, 1.807) is 0 Å². The summed E-state index contributed by atoms with van der Waals surface area (Å²) < 4.78 is 28.3. The van der Waals surface area contributed by atoms with Gasteiger partial charge in [-0.2, -0.15) is 0 Å². The molecule has 0 aliphatic heterocycles. The number of carbonyl (C=O) groups is 2. The van der Waals surface area contributed by atoms with Gasteiger partial charge in [-0.05, 0) is 0 Å². The summed E-state index contributed by atoms with van der Waals surface area (Å²) in [4.78, 5) is 21.7. The number of aliphatic carboxylic acids is 1. The average Bonchev–Trinajstić information content (AvgIpc) is 2.11. The second-order valence-corrected chi connectivity index (χ2v) is 2.53. The molecule has 0 heterocycles. The molecule has 0 bridgehead atoms. The van der Waals surface area contributed by atoms with Gasteiger partial charge in [-0.15, -0.1) is 0 Å². The Morgan fingerprint density at radius 1 is 1.53 bits per heavy atom. The zero-order valence-corrected chi connectivity index (χ0v) is 7.86. The molecule has 0 aliphatic rings. The molecule has 1 N–H and O–H groups in total. The van der Waals surface area contributed by atoms with Gasteiger partial charge in [-0.1, -0.05) is 12.7 Å². The molecule has 0 aromatic carbocycles. The maximum Gasteiger partial charge on any atom is 0.410 e. The largest absolute Gasteiger partial charge is 0.480 e. The van der Waals surface area contributed by atoms with Gasteiger partial charge >= 0.3 is 12.1 Å². The number of carbonyl (C=O) groups excluding carboxylic acids is 1. The van der Waals surface area contributed by atoms with Crippen LogP contribution in [0.5, 0.6) is 0 Å². The highest BCUT2D eigenvalue weighted by atomic mass is 19.3. The van der Waals surface area contributed by atoms with E-state index in [1.807, 2.05) is 0 Å². The van der Waals surface area contributed by atoms with E-state index in [0.717, 1.165) is 0 Å². The number of hydrogen-bond donors (Lipinski definition) is 1. The first-order chi connectivity index (χ1) is 6.97. The fourth-order valence-corrected chi connectivity index (χ4v) is 0.755. The summed E-state index contributed by atoms with van der Waals surface area (Å²) in [5.74, 6) is -1.38. The Labute approximate surface area is 84.9 Å². The predicted molar refractivity (Wildman–Crippen MR) is 46.8 cm³/mol. The van der Waals surface area contributed by atoms with Crippen LogP contribution in [0.25, 0.3) is 0 Å². The molecule has 0 atom stereocenters. The maximum absolute atomic E-state index is 12.0. The fourth-order valence-electron chi connectivity index (χ4n) is 0.755. The first kappa shape index (κ1) is 13.3. The van der Waals surface area contributed by atoms with E-state index in [0.29, 0.717) is 4.90 Å². The van der Waals surface area contributed by atoms with Crippen LogP contribution in [-0.2, 0) is 9.53 Å². The van der Waals surface area contributed by atoms with Crippen molar-refractivity contribution >= 4 is 12.1 Å². The van der Waals surface area contributed by atoms with Crippen molar-refractivity contribution in [2.24, 2.45) is 0 Å². The normalized spacial score (nSPS) is 9.80. The van der Waals surface area contributed by atoms with Crippen LogP contribution in [0.3, 0.4) is 0 Å². The van der Waals surface area contributed by atoms with Gasteiger partial charge in [0.15, 0.2) is 0 Å². The van der Waals surface area contributed by atoms with Crippen molar-refractivity contribution in [3.63, 3.8) is 0 Å². The summed E-state index contributed by atoms with van der Waals surface area (Å²) in [6.07, 6.45) is -2.66. The third-order valence-electron chi connectivity index (χ3n) is 1.27. The Kier molecular flexibility index (Phi) is 6.00. The summed E-state index contributed by atoms with van der Waals surface area (Å²) in [5, 5.41) is 8.36. The number of amides is 1. The molecule has 7 heteroatoms. The first-order valence-corrected chi connectivity index (χ1v) is 4.00. The molecule has 5 nitrogen and oxygen atoms in total. The van der Waals surface area contributed by atoms with Crippen LogP contribution in [-0.4, -0.2) is 48.2 Å². The van der Waals surface area contributed by atoms with Gasteiger partial charge in [0.25, 0.3) is 6.43 Å². The topological polar surface area (TPSA) is 66.8 Å². The molecule has 0 saturated carbocycles. The van der Waals surface area contributed by atoms with E-state index >= 15 is 0 Å². The third-order valence-corrected chi connectivity index (χ3v) is 1.27. The molecule has 0 rings (SSSR count). The zero-order chi connectivity index (χ0) is 11.8. The Morgan fingerprint density at radius 2 is 2.13 bits per heavy atom. The number of carboxylic acids is 1. The molecule has 0 spiro atoms. The van der Waals surface area contributed by atoms with Gasteiger partial charge in [0.2, 0.25) is 0 Å². The quantitative estimate of drug-likeness (QED) is 0.681. The Morgan fingerprint density at radius 3 is 2.53 bits per heavy atom. The van der Waals surface area contributed by atoms with Crippen molar-refractivity contribution in [2.45, 2.75) is 6.43 Å². The number of nitrogens with zero attached hydrogens (tertiary/aromatic N) is 1. The minimum atomic E-state index is -2.80. The van der Waals surface area contributed by atoms with Crippen molar-refractivity contribution in [1.29, 1.82) is 0 Å². The lowest BCUT2D eigenvalue weighted by atomic mass is 10.5. The van der Waals surface area contributed by atoms with Gasteiger partial charge in [0.1, 0.15) is 13.2 Å². The van der Waals surface area contributed by atoms with Crippen molar-refractivity contribution < 1.29 is 28.2 Å². The molecule has 0 aliphatic carbocycles. The second kappa shape index (κ2) is 6.74. The van der Waals surface area contributed by atoms with E-state index in [4.69, 9.17) is 5.11 Å². The molecule has 0 saturated heterocycles. The highest BCUT2D eigenvalue weighted by Gasteiger charge is 2.21. The number of rotatable bonds is 6. The Hall–Kier alpha value is -1.66. The molecular weight excluding hydrogens is 212 g/mol. The van der Waals surface area contributed by atoms with Crippen LogP contribution < -0.4 is 0 Å². The minimum absolute atomic E-state index is 0.155. The summed E-state index contributed by atoms with van der Waals surface area (Å²) >= 11 is 0. The highest BCUT2D eigenvalue weighted by Crippen LogP contribution is 2.01. The maximum atomic E-state index is 12.0. The average molecular weight is 223 g/mol. The van der Waals surface area contributed by atoms with Crippen LogP contribution in [0, 0.1) is 0 Å². The number of halogens is 2. The summed E-state index contributed by atoms with van der Waals surface area (Å²) in [6.45, 7) is 1.31. The monoisotopic (exact) mass is 223 g/mol. The Balaban J connectivity index is 4.26. The minimum Gasteiger partial charge on any atom is -0.480 e. The molecule has 86 valence electrons. The van der Waals surface area contributed by atoms with Gasteiger partial charge in [-0.3, -0.25) is 9.69 Å². The molecule has 0 unspecified atom stereocenters. The van der Waals surface area contributed by atoms with Crippen molar-refractivity contribution in [3.05, 3.63) is 12.7 Å². The predicted octanol–water partition coefficient (Wildman–Crippen LogP) is 0.961. The number of alkyl halides is 2. The second-order valence-electron chi connectivity index (χ2n) is 2.53. The molecule has 0 aromatic heterocycles. The lowest BCUT2D eigenvalue weighted by Crippen LogP contribution is -2.39. The standard InChI is InChI=1S/C8H11F2NO4/c1-2-3-15-8(14)11(4-6(9)10)5-7(12)13/h2,6H,1,3-5H2,(H,12,13). The highest BCUT2D eigenvalue weighted by molar-refractivity contribution is 5.76. The van der Waals surface area contributed by atoms with E-state index in [9.17, 15) is 18.4 Å². The lowest BCUT2D eigenvalue weighted by molar-refractivity contribution is -0.138. The fraction of sp³-hybridized carbons (Fsp3) is 0.500. The van der Waals surface area contributed by atoms with Crippen molar-refractivity contribution in [1.82, 2.24) is 4.90 Å². The van der Waals surface area contributed by atoms with Gasteiger partial charge in [-0.25, -0.2) is 13.6 Å². The molecule has 0 aromatic rings.